The summed E-state index contributed by atoms with van der Waals surface area (Å²) in [6, 6.07) is 21.4. The van der Waals surface area contributed by atoms with E-state index in [1.807, 2.05) is 23.6 Å². The van der Waals surface area contributed by atoms with E-state index in [2.05, 4.69) is 0 Å². The number of esters is 2. The van der Waals surface area contributed by atoms with Gasteiger partial charge in [-0.3, -0.25) is 14.4 Å². The molecular weight excluding hydrogens is 476 g/mol. The van der Waals surface area contributed by atoms with Crippen LogP contribution in [0.2, 0.25) is 0 Å². The first-order valence-electron chi connectivity index (χ1n) is 11.3. The van der Waals surface area contributed by atoms with Crippen molar-refractivity contribution in [2.45, 2.75) is 11.8 Å². The molecule has 0 spiro atoms. The number of ketones is 2. The fourth-order valence-corrected chi connectivity index (χ4v) is 6.38. The third kappa shape index (κ3) is 3.02. The van der Waals surface area contributed by atoms with Gasteiger partial charge in [0.05, 0.1) is 19.6 Å². The maximum Gasteiger partial charge on any atom is 0.341 e. The molecule has 0 radical (unpaired) electrons. The van der Waals surface area contributed by atoms with Crippen LogP contribution in [0.15, 0.2) is 89.3 Å². The number of thiophene rings is 1. The minimum atomic E-state index is -2.10. The molecule has 6 nitrogen and oxygen atoms in total. The van der Waals surface area contributed by atoms with Crippen LogP contribution < -0.4 is 0 Å². The summed E-state index contributed by atoms with van der Waals surface area (Å²) in [7, 11) is 2.37. The van der Waals surface area contributed by atoms with E-state index >= 15 is 0 Å². The van der Waals surface area contributed by atoms with E-state index in [-0.39, 0.29) is 23.4 Å². The average molecular weight is 499 g/mol. The fourth-order valence-electron chi connectivity index (χ4n) is 5.73. The summed E-state index contributed by atoms with van der Waals surface area (Å²) in [5.74, 6) is -2.91. The number of methoxy groups -OCH3 is 2. The number of rotatable bonds is 5. The first kappa shape index (κ1) is 23.6. The molecular formula is C29H22O6S. The Morgan fingerprint density at radius 3 is 2.14 bits per heavy atom. The van der Waals surface area contributed by atoms with Crippen LogP contribution in [0, 0.1) is 5.41 Å². The highest BCUT2D eigenvalue weighted by Crippen LogP contribution is 2.68. The molecule has 0 aliphatic heterocycles. The van der Waals surface area contributed by atoms with Gasteiger partial charge in [0.15, 0.2) is 17.0 Å². The van der Waals surface area contributed by atoms with Gasteiger partial charge in [0.1, 0.15) is 5.57 Å². The number of allylic oxidation sites excluding steroid dienone is 1. The Morgan fingerprint density at radius 2 is 1.56 bits per heavy atom. The molecule has 0 unspecified atom stereocenters. The van der Waals surface area contributed by atoms with Crippen LogP contribution in [-0.4, -0.2) is 37.7 Å². The fraction of sp³-hybridized carbons (Fsp3) is 0.172. The van der Waals surface area contributed by atoms with Crippen molar-refractivity contribution in [3.8, 4) is 0 Å². The van der Waals surface area contributed by atoms with Gasteiger partial charge in [-0.05, 0) is 34.2 Å². The van der Waals surface area contributed by atoms with E-state index in [9.17, 15) is 19.2 Å². The standard InChI is InChI=1S/C29H22O6S/c1-34-26(32)23-24(18-10-5-3-6-11-18)28(19-12-7-4-8-13-19)17-22(30)21(16-20-14-9-15-36-20)29(28,25(23)31)27(33)35-2/h3-16H,17H2,1-2H3/b21-16+/t28-,29-/m0/s1. The number of hydrogen-bond donors (Lipinski definition) is 0. The summed E-state index contributed by atoms with van der Waals surface area (Å²) in [6.07, 6.45) is 1.38. The molecule has 0 N–H and O–H groups in total. The number of carbonyl (C=O) groups excluding carboxylic acids is 4. The van der Waals surface area contributed by atoms with Crippen LogP contribution in [0.4, 0.5) is 0 Å². The molecule has 2 aliphatic carbocycles. The zero-order chi connectivity index (χ0) is 25.5. The van der Waals surface area contributed by atoms with Gasteiger partial charge in [0.2, 0.25) is 0 Å². The second kappa shape index (κ2) is 8.84. The van der Waals surface area contributed by atoms with Crippen LogP contribution in [0.5, 0.6) is 0 Å². The van der Waals surface area contributed by atoms with Crippen LogP contribution >= 0.6 is 11.3 Å². The topological polar surface area (TPSA) is 86.7 Å². The number of benzene rings is 2. The largest absolute Gasteiger partial charge is 0.468 e. The molecule has 0 amide bonds. The van der Waals surface area contributed by atoms with E-state index in [0.717, 1.165) is 0 Å². The van der Waals surface area contributed by atoms with Gasteiger partial charge in [-0.2, -0.15) is 0 Å². The van der Waals surface area contributed by atoms with Crippen molar-refractivity contribution in [1.29, 1.82) is 0 Å². The van der Waals surface area contributed by atoms with Crippen LogP contribution in [0.1, 0.15) is 22.4 Å². The lowest BCUT2D eigenvalue weighted by Gasteiger charge is -2.39. The lowest BCUT2D eigenvalue weighted by atomic mass is 9.58. The SMILES string of the molecule is COC(=O)C1=C(c2ccccc2)[C@@]2(c3ccccc3)CC(=O)/C(=C\c3cccs3)[C@@]2(C(=O)OC)C1=O. The lowest BCUT2D eigenvalue weighted by Crippen LogP contribution is -2.51. The van der Waals surface area contributed by atoms with Crippen molar-refractivity contribution < 1.29 is 28.7 Å². The quantitative estimate of drug-likeness (QED) is 0.224. The van der Waals surface area contributed by atoms with Crippen LogP contribution in [-0.2, 0) is 34.1 Å². The molecule has 2 aromatic carbocycles. The Morgan fingerprint density at radius 1 is 0.889 bits per heavy atom. The molecule has 2 atom stereocenters. The third-order valence-electron chi connectivity index (χ3n) is 7.05. The second-order valence-corrected chi connectivity index (χ2v) is 9.60. The first-order chi connectivity index (χ1) is 17.4. The van der Waals surface area contributed by atoms with Gasteiger partial charge in [-0.1, -0.05) is 66.7 Å². The van der Waals surface area contributed by atoms with Crippen LogP contribution in [0.3, 0.4) is 0 Å². The molecule has 0 saturated heterocycles. The highest BCUT2D eigenvalue weighted by Gasteiger charge is 2.77. The van der Waals surface area contributed by atoms with E-state index in [0.29, 0.717) is 21.6 Å². The summed E-state index contributed by atoms with van der Waals surface area (Å²) < 4.78 is 10.3. The third-order valence-corrected chi connectivity index (χ3v) is 7.87. The molecule has 7 heteroatoms. The monoisotopic (exact) mass is 498 g/mol. The van der Waals surface area contributed by atoms with E-state index in [1.54, 1.807) is 60.7 Å². The van der Waals surface area contributed by atoms with Crippen molar-refractivity contribution in [2.75, 3.05) is 14.2 Å². The van der Waals surface area contributed by atoms with Crippen molar-refractivity contribution in [3.05, 3.63) is 105 Å². The number of carbonyl (C=O) groups is 4. The summed E-state index contributed by atoms with van der Waals surface area (Å²) in [5.41, 5.74) is -2.45. The van der Waals surface area contributed by atoms with Gasteiger partial charge in [0.25, 0.3) is 0 Å². The predicted octanol–water partition coefficient (Wildman–Crippen LogP) is 4.41. The highest BCUT2D eigenvalue weighted by atomic mass is 32.1. The zero-order valence-corrected chi connectivity index (χ0v) is 20.5. The van der Waals surface area contributed by atoms with Gasteiger partial charge in [-0.25, -0.2) is 4.79 Å². The lowest BCUT2D eigenvalue weighted by molar-refractivity contribution is -0.156. The highest BCUT2D eigenvalue weighted by molar-refractivity contribution is 7.10. The van der Waals surface area contributed by atoms with E-state index in [4.69, 9.17) is 9.47 Å². The molecule has 1 aromatic heterocycles. The molecule has 1 saturated carbocycles. The minimum absolute atomic E-state index is 0.0120. The maximum absolute atomic E-state index is 14.5. The predicted molar refractivity (Wildman–Crippen MR) is 135 cm³/mol. The number of ether oxygens (including phenoxy) is 2. The van der Waals surface area contributed by atoms with Crippen molar-refractivity contribution in [2.24, 2.45) is 5.41 Å². The molecule has 1 fully saturated rings. The minimum Gasteiger partial charge on any atom is -0.468 e. The Kier molecular flexibility index (Phi) is 5.80. The Balaban J connectivity index is 1.99. The number of fused-ring (bicyclic) bond motifs is 1. The summed E-state index contributed by atoms with van der Waals surface area (Å²) in [5, 5.41) is 1.84. The Labute approximate surface area is 211 Å². The molecule has 3 aromatic rings. The molecule has 180 valence electrons. The number of Topliss-reactive ketones (excluding diaryl/α,β-unsaturated/α-hetero) is 2. The van der Waals surface area contributed by atoms with E-state index < -0.39 is 28.6 Å². The molecule has 5 rings (SSSR count). The van der Waals surface area contributed by atoms with Crippen LogP contribution in [0.25, 0.3) is 11.6 Å². The second-order valence-electron chi connectivity index (χ2n) is 8.62. The van der Waals surface area contributed by atoms with Gasteiger partial charge < -0.3 is 9.47 Å². The normalized spacial score (nSPS) is 24.2. The average Bonchev–Trinajstić information content (AvgIpc) is 3.58. The van der Waals surface area contributed by atoms with Gasteiger partial charge in [-0.15, -0.1) is 11.3 Å². The summed E-state index contributed by atoms with van der Waals surface area (Å²) >= 11 is 1.37. The molecule has 2 aliphatic rings. The molecule has 0 bridgehead atoms. The van der Waals surface area contributed by atoms with Gasteiger partial charge in [0, 0.05) is 16.9 Å². The van der Waals surface area contributed by atoms with E-state index in [1.165, 1.54) is 25.6 Å². The Hall–Kier alpha value is -4.10. The molecule has 1 heterocycles. The molecule has 36 heavy (non-hydrogen) atoms. The Bertz CT molecular complexity index is 1440. The van der Waals surface area contributed by atoms with Crippen molar-refractivity contribution in [1.82, 2.24) is 0 Å². The maximum atomic E-state index is 14.5. The van der Waals surface area contributed by atoms with Gasteiger partial charge >= 0.3 is 11.9 Å². The van der Waals surface area contributed by atoms with Crippen molar-refractivity contribution >= 4 is 46.5 Å². The van der Waals surface area contributed by atoms with Crippen molar-refractivity contribution in [3.63, 3.8) is 0 Å². The smallest absolute Gasteiger partial charge is 0.341 e. The summed E-state index contributed by atoms with van der Waals surface area (Å²) in [6.45, 7) is 0. The number of hydrogen-bond acceptors (Lipinski definition) is 7. The zero-order valence-electron chi connectivity index (χ0n) is 19.6. The summed E-state index contributed by atoms with van der Waals surface area (Å²) in [4.78, 5) is 56.2. The first-order valence-corrected chi connectivity index (χ1v) is 12.2.